The van der Waals surface area contributed by atoms with Crippen molar-refractivity contribution in [1.82, 2.24) is 10.1 Å². The molecule has 0 amide bonds. The van der Waals surface area contributed by atoms with E-state index in [1.807, 2.05) is 38.1 Å². The van der Waals surface area contributed by atoms with Gasteiger partial charge in [0.2, 0.25) is 11.7 Å². The quantitative estimate of drug-likeness (QED) is 0.0635. The second-order valence-corrected chi connectivity index (χ2v) is 10.7. The molecule has 0 saturated carbocycles. The Morgan fingerprint density at radius 2 is 1.05 bits per heavy atom. The van der Waals surface area contributed by atoms with Gasteiger partial charge in [-0.05, 0) is 32.3 Å². The Morgan fingerprint density at radius 3 is 1.47 bits per heavy atom. The number of hydrogen-bond acceptors (Lipinski definition) is 17. The van der Waals surface area contributed by atoms with Gasteiger partial charge in [0.05, 0.1) is 48.3 Å². The Kier molecular flexibility index (Phi) is 39.1. The highest BCUT2D eigenvalue weighted by atomic mass is 16.7. The zero-order valence-electron chi connectivity index (χ0n) is 34.0. The van der Waals surface area contributed by atoms with Crippen molar-refractivity contribution >= 4 is 30.6 Å². The van der Waals surface area contributed by atoms with E-state index < -0.39 is 30.6 Å². The number of benzene rings is 1. The molecule has 0 N–H and O–H groups in total. The molecule has 314 valence electrons. The zero-order valence-corrected chi connectivity index (χ0v) is 34.0. The molecule has 0 aliphatic rings. The zero-order chi connectivity index (χ0) is 42.1. The van der Waals surface area contributed by atoms with Crippen molar-refractivity contribution in [2.75, 3.05) is 61.5 Å². The molecular weight excluding hydrogens is 724 g/mol. The normalized spacial score (nSPS) is 9.18. The molecular formula is C38H62N2O15. The molecule has 0 radical (unpaired) electrons. The summed E-state index contributed by atoms with van der Waals surface area (Å²) >= 11 is 0. The topological polar surface area (TPSA) is 207 Å². The van der Waals surface area contributed by atoms with Gasteiger partial charge in [0.25, 0.3) is 0 Å². The molecule has 0 saturated heterocycles. The lowest BCUT2D eigenvalue weighted by molar-refractivity contribution is -0.138. The van der Waals surface area contributed by atoms with E-state index in [2.05, 4.69) is 73.2 Å². The summed E-state index contributed by atoms with van der Waals surface area (Å²) in [4.78, 5) is 55.9. The summed E-state index contributed by atoms with van der Waals surface area (Å²) in [5.74, 6) is 0.696. The number of aromatic nitrogens is 2. The Morgan fingerprint density at radius 1 is 0.618 bits per heavy atom. The molecule has 0 unspecified atom stereocenters. The number of unbranched alkanes of at least 4 members (excludes halogenated alkanes) is 6. The van der Waals surface area contributed by atoms with E-state index in [1.165, 1.54) is 46.8 Å². The maximum absolute atomic E-state index is 10.4. The van der Waals surface area contributed by atoms with Crippen LogP contribution in [0.5, 0.6) is 0 Å². The third kappa shape index (κ3) is 38.2. The van der Waals surface area contributed by atoms with E-state index in [4.69, 9.17) is 4.52 Å². The SMILES string of the molecule is C=CC(=O)OCCOC(=O)OC.CCCCCCOC(=O)OC.CCCCCOC(=O)OC.CCCCOC(=O)OC.Cc1cccc(-c2noc(C)n2)c1. The second kappa shape index (κ2) is 39.8. The standard InChI is InChI=1S/C10H10N2O.C8H16O3.C7H10O5.C7H14O3.C6H12O3/c1-7-4-3-5-9(6-7)10-11-8(2)13-12-10;1-3-4-5-6-7-11-8(9)10-2;1-3-6(8)11-4-5-12-7(9)10-2;1-3-4-5-6-10-7(8)9-2;1-3-4-5-9-6(7)8-2/h3-6H,1-2H3;3-7H2,1-2H3;3H,1,4-5H2,2H3;3-6H2,1-2H3;3-5H2,1-2H3. The molecule has 0 atom stereocenters. The van der Waals surface area contributed by atoms with Gasteiger partial charge < -0.3 is 47.2 Å². The van der Waals surface area contributed by atoms with E-state index in [0.717, 1.165) is 56.6 Å². The van der Waals surface area contributed by atoms with E-state index in [0.29, 0.717) is 31.5 Å². The molecule has 17 heteroatoms. The Balaban J connectivity index is -0.000000619. The highest BCUT2D eigenvalue weighted by Crippen LogP contribution is 2.16. The number of esters is 1. The molecule has 2 aromatic rings. The van der Waals surface area contributed by atoms with Crippen LogP contribution in [0.2, 0.25) is 0 Å². The summed E-state index contributed by atoms with van der Waals surface area (Å²) in [7, 11) is 5.11. The minimum Gasteiger partial charge on any atom is -0.459 e. The van der Waals surface area contributed by atoms with Crippen LogP contribution in [0.15, 0.2) is 41.4 Å². The Hall–Kier alpha value is -5.35. The highest BCUT2D eigenvalue weighted by molar-refractivity contribution is 5.81. The monoisotopic (exact) mass is 786 g/mol. The fourth-order valence-electron chi connectivity index (χ4n) is 3.25. The summed E-state index contributed by atoms with van der Waals surface area (Å²) in [6, 6.07) is 8.02. The number of rotatable bonds is 17. The number of nitrogens with zero attached hydrogens (tertiary/aromatic N) is 2. The predicted octanol–water partition coefficient (Wildman–Crippen LogP) is 8.73. The van der Waals surface area contributed by atoms with Crippen LogP contribution >= 0.6 is 0 Å². The number of methoxy groups -OCH3 is 4. The smallest absolute Gasteiger partial charge is 0.459 e. The van der Waals surface area contributed by atoms with Crippen LogP contribution in [-0.2, 0) is 47.4 Å². The molecule has 55 heavy (non-hydrogen) atoms. The summed E-state index contributed by atoms with van der Waals surface area (Å²) in [6.07, 6.45) is 7.97. The lowest BCUT2D eigenvalue weighted by Gasteiger charge is -2.02. The molecule has 2 rings (SSSR count). The lowest BCUT2D eigenvalue weighted by atomic mass is 10.1. The summed E-state index contributed by atoms with van der Waals surface area (Å²) in [6.45, 7) is 14.7. The molecule has 17 nitrogen and oxygen atoms in total. The largest absolute Gasteiger partial charge is 0.508 e. The molecule has 0 bridgehead atoms. The summed E-state index contributed by atoms with van der Waals surface area (Å²) < 4.78 is 44.6. The van der Waals surface area contributed by atoms with Gasteiger partial charge >= 0.3 is 30.6 Å². The maximum Gasteiger partial charge on any atom is 0.508 e. The average molecular weight is 787 g/mol. The van der Waals surface area contributed by atoms with Gasteiger partial charge in [0.1, 0.15) is 13.2 Å². The number of carbonyl (C=O) groups is 5. The lowest BCUT2D eigenvalue weighted by Crippen LogP contribution is -2.12. The fourth-order valence-corrected chi connectivity index (χ4v) is 3.25. The third-order valence-corrected chi connectivity index (χ3v) is 6.09. The van der Waals surface area contributed by atoms with Gasteiger partial charge in [-0.1, -0.05) is 94.8 Å². The average Bonchev–Trinajstić information content (AvgIpc) is 3.64. The van der Waals surface area contributed by atoms with E-state index >= 15 is 0 Å². The van der Waals surface area contributed by atoms with Crippen molar-refractivity contribution in [3.63, 3.8) is 0 Å². The van der Waals surface area contributed by atoms with Gasteiger partial charge in [-0.2, -0.15) is 4.98 Å². The summed E-state index contributed by atoms with van der Waals surface area (Å²) in [5, 5.41) is 3.84. The maximum atomic E-state index is 10.4. The molecule has 0 aliphatic heterocycles. The van der Waals surface area contributed by atoms with Crippen molar-refractivity contribution < 1.29 is 71.1 Å². The first kappa shape index (κ1) is 54.0. The van der Waals surface area contributed by atoms with Crippen LogP contribution in [0.4, 0.5) is 19.2 Å². The molecule has 1 aromatic heterocycles. The van der Waals surface area contributed by atoms with Gasteiger partial charge in [0.15, 0.2) is 0 Å². The predicted molar refractivity (Wildman–Crippen MR) is 202 cm³/mol. The van der Waals surface area contributed by atoms with Crippen molar-refractivity contribution in [1.29, 1.82) is 0 Å². The number of ether oxygens (including phenoxy) is 9. The number of carbonyl (C=O) groups excluding carboxylic acids is 5. The molecule has 0 aliphatic carbocycles. The third-order valence-electron chi connectivity index (χ3n) is 6.09. The minimum absolute atomic E-state index is 0.0000463. The van der Waals surface area contributed by atoms with Crippen molar-refractivity contribution in [2.24, 2.45) is 0 Å². The van der Waals surface area contributed by atoms with Gasteiger partial charge in [-0.15, -0.1) is 0 Å². The van der Waals surface area contributed by atoms with Crippen LogP contribution in [0.3, 0.4) is 0 Å². The first-order valence-corrected chi connectivity index (χ1v) is 17.9. The molecule has 1 heterocycles. The molecule has 0 spiro atoms. The van der Waals surface area contributed by atoms with E-state index in [1.54, 1.807) is 6.92 Å². The second-order valence-electron chi connectivity index (χ2n) is 10.7. The fraction of sp³-hybridized carbons (Fsp3) is 0.605. The molecule has 0 fully saturated rings. The number of aryl methyl sites for hydroxylation is 2. The van der Waals surface area contributed by atoms with Gasteiger partial charge in [-0.25, -0.2) is 24.0 Å². The van der Waals surface area contributed by atoms with Crippen LogP contribution in [0.25, 0.3) is 11.4 Å². The van der Waals surface area contributed by atoms with Crippen LogP contribution in [0.1, 0.15) is 90.0 Å². The van der Waals surface area contributed by atoms with Crippen molar-refractivity contribution in [2.45, 2.75) is 92.4 Å². The van der Waals surface area contributed by atoms with Crippen LogP contribution < -0.4 is 0 Å². The van der Waals surface area contributed by atoms with Crippen molar-refractivity contribution in [3.05, 3.63) is 48.4 Å². The van der Waals surface area contributed by atoms with Crippen molar-refractivity contribution in [3.8, 4) is 11.4 Å². The number of hydrogen-bond donors (Lipinski definition) is 0. The van der Waals surface area contributed by atoms with E-state index in [-0.39, 0.29) is 13.2 Å². The van der Waals surface area contributed by atoms with Gasteiger partial charge in [-0.3, -0.25) is 0 Å². The highest BCUT2D eigenvalue weighted by Gasteiger charge is 2.05. The Bertz CT molecular complexity index is 1280. The van der Waals surface area contributed by atoms with Crippen LogP contribution in [-0.4, -0.2) is 102 Å². The minimum atomic E-state index is -0.801. The van der Waals surface area contributed by atoms with E-state index in [9.17, 15) is 24.0 Å². The van der Waals surface area contributed by atoms with Gasteiger partial charge in [0, 0.05) is 18.6 Å². The first-order valence-electron chi connectivity index (χ1n) is 17.9. The summed E-state index contributed by atoms with van der Waals surface area (Å²) in [5.41, 5.74) is 2.19. The molecule has 1 aromatic carbocycles. The first-order chi connectivity index (χ1) is 26.4. The Labute approximate surface area is 325 Å². The van der Waals surface area contributed by atoms with Crippen LogP contribution in [0, 0.1) is 13.8 Å².